The number of aliphatic carboxylic acids is 1. The van der Waals surface area contributed by atoms with Gasteiger partial charge in [0.05, 0.1) is 44.1 Å². The van der Waals surface area contributed by atoms with Crippen molar-refractivity contribution in [1.29, 1.82) is 0 Å². The van der Waals surface area contributed by atoms with E-state index in [9.17, 15) is 15.0 Å². The van der Waals surface area contributed by atoms with E-state index in [2.05, 4.69) is 0 Å². The molecule has 7 nitrogen and oxygen atoms in total. The summed E-state index contributed by atoms with van der Waals surface area (Å²) >= 11 is 6.15. The number of pyridine rings is 1. The molecule has 0 bridgehead atoms. The molecule has 0 saturated carbocycles. The summed E-state index contributed by atoms with van der Waals surface area (Å²) in [7, 11) is 3.14. The third-order valence-electron chi connectivity index (χ3n) is 5.65. The van der Waals surface area contributed by atoms with Crippen LogP contribution in [-0.4, -0.2) is 52.7 Å². The number of carboxylic acid groups (broad SMARTS) is 1. The maximum atomic E-state index is 10.8. The number of methoxy groups -OCH3 is 2. The average Bonchev–Trinajstić information content (AvgIpc) is 2.80. The SMILES string of the molecule is COc1cc2nc(C(C)C)c(/C=C/C(O)CC(O)CC(=O)O)c(-c3ccc(Cl)cc3)c2cc1OC. The maximum Gasteiger partial charge on any atom is 0.305 e. The van der Waals surface area contributed by atoms with Gasteiger partial charge in [0.2, 0.25) is 0 Å². The Hall–Kier alpha value is -3.13. The molecule has 186 valence electrons. The second-order valence-electron chi connectivity index (χ2n) is 8.59. The molecule has 2 aromatic carbocycles. The number of hydrogen-bond donors (Lipinski definition) is 3. The molecule has 0 aliphatic rings. The molecule has 3 rings (SSSR count). The standard InChI is InChI=1S/C27H30ClNO6/c1-15(2)27-20(10-9-18(30)11-19(31)12-25(32)33)26(16-5-7-17(28)8-6-16)21-13-23(34-3)24(35-4)14-22(21)29-27/h5-10,13-15,18-19,30-31H,11-12H2,1-4H3,(H,32,33)/b10-9+. The summed E-state index contributed by atoms with van der Waals surface area (Å²) in [6.07, 6.45) is 0.613. The molecule has 0 aliphatic carbocycles. The predicted molar refractivity (Wildman–Crippen MR) is 137 cm³/mol. The fourth-order valence-electron chi connectivity index (χ4n) is 4.01. The van der Waals surface area contributed by atoms with Crippen LogP contribution in [0.25, 0.3) is 28.1 Å². The normalized spacial score (nSPS) is 13.4. The molecule has 1 heterocycles. The van der Waals surface area contributed by atoms with Gasteiger partial charge in [-0.15, -0.1) is 0 Å². The van der Waals surface area contributed by atoms with Gasteiger partial charge in [0.1, 0.15) is 0 Å². The number of carboxylic acids is 1. The van der Waals surface area contributed by atoms with E-state index in [0.717, 1.165) is 33.3 Å². The summed E-state index contributed by atoms with van der Waals surface area (Å²) in [5.74, 6) is 0.0494. The van der Waals surface area contributed by atoms with Crippen LogP contribution in [0.1, 0.15) is 43.9 Å². The van der Waals surface area contributed by atoms with Crippen molar-refractivity contribution in [3.8, 4) is 22.6 Å². The van der Waals surface area contributed by atoms with Gasteiger partial charge in [0.25, 0.3) is 0 Å². The Bertz CT molecular complexity index is 1220. The molecule has 2 unspecified atom stereocenters. The number of aromatic nitrogens is 1. The minimum Gasteiger partial charge on any atom is -0.493 e. The van der Waals surface area contributed by atoms with Crippen LogP contribution in [0.5, 0.6) is 11.5 Å². The largest absolute Gasteiger partial charge is 0.493 e. The van der Waals surface area contributed by atoms with E-state index >= 15 is 0 Å². The summed E-state index contributed by atoms with van der Waals surface area (Å²) in [4.78, 5) is 15.8. The van der Waals surface area contributed by atoms with Crippen molar-refractivity contribution in [3.05, 3.63) is 58.8 Å². The second-order valence-corrected chi connectivity index (χ2v) is 9.02. The molecule has 0 spiro atoms. The first-order valence-corrected chi connectivity index (χ1v) is 11.6. The zero-order valence-corrected chi connectivity index (χ0v) is 20.9. The number of ether oxygens (including phenoxy) is 2. The smallest absolute Gasteiger partial charge is 0.305 e. The van der Waals surface area contributed by atoms with E-state index in [-0.39, 0.29) is 12.3 Å². The van der Waals surface area contributed by atoms with Crippen LogP contribution in [0.4, 0.5) is 0 Å². The number of rotatable bonds is 10. The Kier molecular flexibility index (Phi) is 8.72. The minimum atomic E-state index is -1.15. The summed E-state index contributed by atoms with van der Waals surface area (Å²) in [5.41, 5.74) is 4.12. The van der Waals surface area contributed by atoms with Gasteiger partial charge in [-0.2, -0.15) is 0 Å². The van der Waals surface area contributed by atoms with Crippen molar-refractivity contribution in [1.82, 2.24) is 4.98 Å². The first-order valence-electron chi connectivity index (χ1n) is 11.3. The Balaban J connectivity index is 2.24. The van der Waals surface area contributed by atoms with E-state index < -0.39 is 24.6 Å². The molecular formula is C27H30ClNO6. The van der Waals surface area contributed by atoms with Gasteiger partial charge in [-0.3, -0.25) is 9.78 Å². The van der Waals surface area contributed by atoms with Crippen molar-refractivity contribution in [2.75, 3.05) is 14.2 Å². The highest BCUT2D eigenvalue weighted by Gasteiger charge is 2.20. The number of aliphatic hydroxyl groups excluding tert-OH is 2. The minimum absolute atomic E-state index is 0.0490. The van der Waals surface area contributed by atoms with Crippen LogP contribution in [0.2, 0.25) is 5.02 Å². The number of nitrogens with zero attached hydrogens (tertiary/aromatic N) is 1. The second kappa shape index (κ2) is 11.5. The number of benzene rings is 2. The van der Waals surface area contributed by atoms with Crippen LogP contribution in [0.3, 0.4) is 0 Å². The van der Waals surface area contributed by atoms with Crippen LogP contribution >= 0.6 is 11.6 Å². The number of carbonyl (C=O) groups is 1. The first-order chi connectivity index (χ1) is 16.6. The molecular weight excluding hydrogens is 470 g/mol. The highest BCUT2D eigenvalue weighted by Crippen LogP contribution is 2.41. The quantitative estimate of drug-likeness (QED) is 0.347. The number of fused-ring (bicyclic) bond motifs is 1. The van der Waals surface area contributed by atoms with Crippen molar-refractivity contribution < 1.29 is 29.6 Å². The summed E-state index contributed by atoms with van der Waals surface area (Å²) < 4.78 is 11.0. The van der Waals surface area contributed by atoms with E-state index in [1.807, 2.05) is 50.2 Å². The van der Waals surface area contributed by atoms with Gasteiger partial charge < -0.3 is 24.8 Å². The molecule has 0 aliphatic heterocycles. The zero-order valence-electron chi connectivity index (χ0n) is 20.2. The van der Waals surface area contributed by atoms with E-state index in [4.69, 9.17) is 31.2 Å². The third kappa shape index (κ3) is 6.31. The molecule has 8 heteroatoms. The van der Waals surface area contributed by atoms with Crippen molar-refractivity contribution in [2.24, 2.45) is 0 Å². The van der Waals surface area contributed by atoms with Gasteiger partial charge in [-0.25, -0.2) is 0 Å². The molecule has 0 radical (unpaired) electrons. The lowest BCUT2D eigenvalue weighted by Gasteiger charge is -2.19. The number of halogens is 1. The molecule has 2 atom stereocenters. The highest BCUT2D eigenvalue weighted by atomic mass is 35.5. The van der Waals surface area contributed by atoms with E-state index in [1.54, 1.807) is 26.4 Å². The fourth-order valence-corrected chi connectivity index (χ4v) is 4.14. The van der Waals surface area contributed by atoms with Gasteiger partial charge >= 0.3 is 5.97 Å². The number of aliphatic hydroxyl groups is 2. The van der Waals surface area contributed by atoms with E-state index in [1.165, 1.54) is 0 Å². The molecule has 3 aromatic rings. The molecule has 3 N–H and O–H groups in total. The monoisotopic (exact) mass is 499 g/mol. The Morgan fingerprint density at radius 3 is 2.29 bits per heavy atom. The van der Waals surface area contributed by atoms with Gasteiger partial charge in [0, 0.05) is 34.0 Å². The first kappa shape index (κ1) is 26.5. The summed E-state index contributed by atoms with van der Waals surface area (Å²) in [6.45, 7) is 4.07. The summed E-state index contributed by atoms with van der Waals surface area (Å²) in [5, 5.41) is 30.7. The molecule has 0 saturated heterocycles. The lowest BCUT2D eigenvalue weighted by molar-refractivity contribution is -0.139. The maximum absolute atomic E-state index is 10.8. The molecule has 0 amide bonds. The van der Waals surface area contributed by atoms with Crippen molar-refractivity contribution >= 4 is 34.5 Å². The third-order valence-corrected chi connectivity index (χ3v) is 5.90. The average molecular weight is 500 g/mol. The van der Waals surface area contributed by atoms with E-state index in [0.29, 0.717) is 16.5 Å². The Labute approximate surface area is 209 Å². The fraction of sp³-hybridized carbons (Fsp3) is 0.333. The topological polar surface area (TPSA) is 109 Å². The van der Waals surface area contributed by atoms with Crippen LogP contribution < -0.4 is 9.47 Å². The van der Waals surface area contributed by atoms with Crippen molar-refractivity contribution in [3.63, 3.8) is 0 Å². The van der Waals surface area contributed by atoms with Gasteiger partial charge in [0.15, 0.2) is 11.5 Å². The van der Waals surface area contributed by atoms with Gasteiger partial charge in [-0.1, -0.05) is 49.7 Å². The molecule has 35 heavy (non-hydrogen) atoms. The van der Waals surface area contributed by atoms with Crippen LogP contribution in [0.15, 0.2) is 42.5 Å². The lowest BCUT2D eigenvalue weighted by atomic mass is 9.90. The summed E-state index contributed by atoms with van der Waals surface area (Å²) in [6, 6.07) is 11.2. The molecule has 0 fully saturated rings. The van der Waals surface area contributed by atoms with Crippen molar-refractivity contribution in [2.45, 2.75) is 44.8 Å². The van der Waals surface area contributed by atoms with Crippen LogP contribution in [0, 0.1) is 0 Å². The van der Waals surface area contributed by atoms with Gasteiger partial charge in [-0.05, 0) is 29.7 Å². The highest BCUT2D eigenvalue weighted by molar-refractivity contribution is 6.30. The number of hydrogen-bond acceptors (Lipinski definition) is 6. The Morgan fingerprint density at radius 1 is 1.09 bits per heavy atom. The Morgan fingerprint density at radius 2 is 1.71 bits per heavy atom. The molecule has 1 aromatic heterocycles. The predicted octanol–water partition coefficient (Wildman–Crippen LogP) is 5.30. The van der Waals surface area contributed by atoms with Crippen LogP contribution in [-0.2, 0) is 4.79 Å². The lowest BCUT2D eigenvalue weighted by Crippen LogP contribution is -2.19. The zero-order chi connectivity index (χ0) is 25.7.